The van der Waals surface area contributed by atoms with Crippen LogP contribution in [0.25, 0.3) is 0 Å². The summed E-state index contributed by atoms with van der Waals surface area (Å²) in [7, 11) is 0. The lowest BCUT2D eigenvalue weighted by Crippen LogP contribution is -2.39. The third kappa shape index (κ3) is 2.72. The highest BCUT2D eigenvalue weighted by Gasteiger charge is 2.16. The Morgan fingerprint density at radius 3 is 3.27 bits per heavy atom. The average Bonchev–Trinajstić information content (AvgIpc) is 2.01. The summed E-state index contributed by atoms with van der Waals surface area (Å²) in [6.07, 6.45) is 1.18. The average molecular weight is 157 g/mol. The van der Waals surface area contributed by atoms with Crippen LogP contribution in [0.2, 0.25) is 0 Å². The first-order valence-electron chi connectivity index (χ1n) is 3.55. The quantitative estimate of drug-likeness (QED) is 0.417. The minimum Gasteiger partial charge on any atom is -0.402 e. The van der Waals surface area contributed by atoms with Crippen LogP contribution in [-0.4, -0.2) is 36.8 Å². The second-order valence-electron chi connectivity index (χ2n) is 2.41. The van der Waals surface area contributed by atoms with Crippen molar-refractivity contribution in [3.05, 3.63) is 6.26 Å². The highest BCUT2D eigenvalue weighted by Crippen LogP contribution is 2.03. The number of rotatable bonds is 2. The van der Waals surface area contributed by atoms with E-state index in [1.54, 1.807) is 11.0 Å². The molecule has 0 aromatic heterocycles. The van der Waals surface area contributed by atoms with Crippen LogP contribution in [0.5, 0.6) is 0 Å². The molecular formula is C7H11NO3. The number of hydrogen-bond donors (Lipinski definition) is 0. The standard InChI is InChI=1S/C7H11NO3/c1-7-6-8(2-4-10-7)11-5-3-9/h5,7H,2,4,6H2,1H3. The smallest absolute Gasteiger partial charge is 0.194 e. The van der Waals surface area contributed by atoms with Gasteiger partial charge in [-0.3, -0.25) is 0 Å². The van der Waals surface area contributed by atoms with Crippen molar-refractivity contribution in [3.63, 3.8) is 0 Å². The Bertz CT molecular complexity index is 165. The van der Waals surface area contributed by atoms with Crippen molar-refractivity contribution >= 4 is 5.94 Å². The normalized spacial score (nSPS) is 25.7. The molecule has 0 bridgehead atoms. The lowest BCUT2D eigenvalue weighted by Gasteiger charge is -2.28. The van der Waals surface area contributed by atoms with Gasteiger partial charge in [-0.25, -0.2) is 4.79 Å². The molecule has 0 amide bonds. The van der Waals surface area contributed by atoms with Gasteiger partial charge in [-0.05, 0) is 6.92 Å². The van der Waals surface area contributed by atoms with Crippen LogP contribution in [0.4, 0.5) is 0 Å². The Morgan fingerprint density at radius 2 is 2.64 bits per heavy atom. The first-order valence-corrected chi connectivity index (χ1v) is 3.55. The molecule has 0 N–H and O–H groups in total. The third-order valence-electron chi connectivity index (χ3n) is 1.45. The Balaban J connectivity index is 2.27. The number of ether oxygens (including phenoxy) is 1. The molecule has 1 aliphatic heterocycles. The molecule has 1 rings (SSSR count). The molecular weight excluding hydrogens is 146 g/mol. The maximum atomic E-state index is 9.77. The Morgan fingerprint density at radius 1 is 1.82 bits per heavy atom. The monoisotopic (exact) mass is 157 g/mol. The van der Waals surface area contributed by atoms with Gasteiger partial charge < -0.3 is 9.57 Å². The van der Waals surface area contributed by atoms with Gasteiger partial charge in [0.1, 0.15) is 0 Å². The molecule has 0 saturated carbocycles. The van der Waals surface area contributed by atoms with E-state index in [0.29, 0.717) is 19.7 Å². The number of carbonyl (C=O) groups excluding carboxylic acids is 1. The summed E-state index contributed by atoms with van der Waals surface area (Å²) in [5, 5.41) is 1.68. The van der Waals surface area contributed by atoms with Crippen molar-refractivity contribution in [1.82, 2.24) is 5.06 Å². The van der Waals surface area contributed by atoms with Crippen LogP contribution < -0.4 is 0 Å². The van der Waals surface area contributed by atoms with E-state index in [4.69, 9.17) is 9.57 Å². The van der Waals surface area contributed by atoms with E-state index in [-0.39, 0.29) is 6.10 Å². The highest BCUT2D eigenvalue weighted by atomic mass is 16.7. The van der Waals surface area contributed by atoms with Crippen LogP contribution in [0.3, 0.4) is 0 Å². The molecule has 0 radical (unpaired) electrons. The minimum atomic E-state index is 0.170. The fraction of sp³-hybridized carbons (Fsp3) is 0.714. The van der Waals surface area contributed by atoms with E-state index in [9.17, 15) is 4.79 Å². The van der Waals surface area contributed by atoms with Crippen LogP contribution >= 0.6 is 0 Å². The van der Waals surface area contributed by atoms with E-state index in [1.165, 1.54) is 0 Å². The SMILES string of the molecule is CC1CN(OC=C=O)CCO1. The lowest BCUT2D eigenvalue weighted by atomic mass is 10.3. The molecule has 1 fully saturated rings. The van der Waals surface area contributed by atoms with Crippen molar-refractivity contribution in [2.24, 2.45) is 0 Å². The Kier molecular flexibility index (Phi) is 3.11. The summed E-state index contributed by atoms with van der Waals surface area (Å²) >= 11 is 0. The van der Waals surface area contributed by atoms with E-state index >= 15 is 0 Å². The van der Waals surface area contributed by atoms with Crippen molar-refractivity contribution in [1.29, 1.82) is 0 Å². The molecule has 1 aliphatic rings. The van der Waals surface area contributed by atoms with Gasteiger partial charge >= 0.3 is 0 Å². The first kappa shape index (κ1) is 8.27. The Hall–Kier alpha value is -0.830. The van der Waals surface area contributed by atoms with Crippen molar-refractivity contribution in [3.8, 4) is 0 Å². The zero-order valence-electron chi connectivity index (χ0n) is 6.45. The van der Waals surface area contributed by atoms with Crippen LogP contribution in [0.15, 0.2) is 6.26 Å². The fourth-order valence-corrected chi connectivity index (χ4v) is 0.978. The maximum absolute atomic E-state index is 9.77. The molecule has 11 heavy (non-hydrogen) atoms. The topological polar surface area (TPSA) is 38.8 Å². The molecule has 1 unspecified atom stereocenters. The summed E-state index contributed by atoms with van der Waals surface area (Å²) < 4.78 is 5.25. The van der Waals surface area contributed by atoms with Gasteiger partial charge in [0, 0.05) is 0 Å². The molecule has 0 aliphatic carbocycles. The first-order chi connectivity index (χ1) is 5.33. The van der Waals surface area contributed by atoms with E-state index < -0.39 is 0 Å². The fourth-order valence-electron chi connectivity index (χ4n) is 0.978. The van der Waals surface area contributed by atoms with E-state index in [2.05, 4.69) is 0 Å². The summed E-state index contributed by atoms with van der Waals surface area (Å²) in [5.74, 6) is 1.55. The molecule has 4 nitrogen and oxygen atoms in total. The highest BCUT2D eigenvalue weighted by molar-refractivity contribution is 5.42. The molecule has 0 spiro atoms. The summed E-state index contributed by atoms with van der Waals surface area (Å²) in [5.41, 5.74) is 0. The van der Waals surface area contributed by atoms with Gasteiger partial charge in [-0.2, -0.15) is 0 Å². The van der Waals surface area contributed by atoms with Crippen molar-refractivity contribution < 1.29 is 14.4 Å². The zero-order chi connectivity index (χ0) is 8.10. The molecule has 1 atom stereocenters. The van der Waals surface area contributed by atoms with E-state index in [1.807, 2.05) is 6.92 Å². The summed E-state index contributed by atoms with van der Waals surface area (Å²) in [6, 6.07) is 0. The predicted molar refractivity (Wildman–Crippen MR) is 38.3 cm³/mol. The predicted octanol–water partition coefficient (Wildman–Crippen LogP) is -0.0160. The van der Waals surface area contributed by atoms with Crippen molar-refractivity contribution in [2.45, 2.75) is 13.0 Å². The number of morpholine rings is 1. The van der Waals surface area contributed by atoms with Gasteiger partial charge in [0.15, 0.2) is 12.2 Å². The van der Waals surface area contributed by atoms with Crippen LogP contribution in [0.1, 0.15) is 6.92 Å². The minimum absolute atomic E-state index is 0.170. The van der Waals surface area contributed by atoms with Gasteiger partial charge in [0.05, 0.1) is 25.8 Å². The molecule has 0 aromatic carbocycles. The van der Waals surface area contributed by atoms with E-state index in [0.717, 1.165) is 6.26 Å². The number of hydrogen-bond acceptors (Lipinski definition) is 4. The Labute approximate surface area is 65.3 Å². The van der Waals surface area contributed by atoms with Crippen LogP contribution in [0, 0.1) is 0 Å². The number of nitrogens with zero attached hydrogens (tertiary/aromatic N) is 1. The van der Waals surface area contributed by atoms with Crippen LogP contribution in [-0.2, 0) is 14.4 Å². The second-order valence-corrected chi connectivity index (χ2v) is 2.41. The number of hydroxylamine groups is 2. The summed E-state index contributed by atoms with van der Waals surface area (Å²) in [6.45, 7) is 3.99. The summed E-state index contributed by atoms with van der Waals surface area (Å²) in [4.78, 5) is 14.7. The molecule has 4 heteroatoms. The second kappa shape index (κ2) is 4.13. The van der Waals surface area contributed by atoms with Gasteiger partial charge in [-0.1, -0.05) is 0 Å². The zero-order valence-corrected chi connectivity index (χ0v) is 6.45. The van der Waals surface area contributed by atoms with Gasteiger partial charge in [0.2, 0.25) is 0 Å². The molecule has 0 aromatic rings. The third-order valence-corrected chi connectivity index (χ3v) is 1.45. The van der Waals surface area contributed by atoms with Crippen molar-refractivity contribution in [2.75, 3.05) is 19.7 Å². The maximum Gasteiger partial charge on any atom is 0.194 e. The van der Waals surface area contributed by atoms with Gasteiger partial charge in [-0.15, -0.1) is 5.06 Å². The van der Waals surface area contributed by atoms with Gasteiger partial charge in [0.25, 0.3) is 0 Å². The largest absolute Gasteiger partial charge is 0.402 e. The molecule has 62 valence electrons. The lowest BCUT2D eigenvalue weighted by molar-refractivity contribution is -0.170. The molecule has 1 saturated heterocycles. The molecule has 1 heterocycles.